The van der Waals surface area contributed by atoms with E-state index in [4.69, 9.17) is 0 Å². The molecule has 6 rings (SSSR count). The zero-order valence-electron chi connectivity index (χ0n) is 25.1. The summed E-state index contributed by atoms with van der Waals surface area (Å²) in [4.78, 5) is 0. The Morgan fingerprint density at radius 1 is 0.738 bits per heavy atom. The summed E-state index contributed by atoms with van der Waals surface area (Å²) in [6, 6.07) is 37.0. The minimum absolute atomic E-state index is 0. The number of benzene rings is 4. The molecule has 6 heteroatoms. The average molecular weight is 717 g/mol. The van der Waals surface area contributed by atoms with Gasteiger partial charge in [0.25, 0.3) is 0 Å². The van der Waals surface area contributed by atoms with Crippen molar-refractivity contribution >= 4 is 49.9 Å². The van der Waals surface area contributed by atoms with E-state index in [1.54, 1.807) is 5.20 Å². The van der Waals surface area contributed by atoms with Gasteiger partial charge in [-0.05, 0) is 26.4 Å². The SMILES string of the molecule is CC1(C)[C-]=c2cccc(C=[SiH2])c2=C1[Si](C)(C)C.[Cl-].[Cl-].[SiH2]=C1[CH-]C(c2ccccc2)(c2ccccc2)c2ccccc21.[Zr+4]. The molecule has 0 fully saturated rings. The summed E-state index contributed by atoms with van der Waals surface area (Å²) in [6.45, 7) is 11.9. The van der Waals surface area contributed by atoms with Crippen molar-refractivity contribution in [1.29, 1.82) is 0 Å². The van der Waals surface area contributed by atoms with Crippen LogP contribution < -0.4 is 35.3 Å². The first-order valence-electron chi connectivity index (χ1n) is 13.8. The van der Waals surface area contributed by atoms with Gasteiger partial charge in [0.15, 0.2) is 0 Å². The van der Waals surface area contributed by atoms with Crippen LogP contribution in [0.4, 0.5) is 0 Å². The second kappa shape index (κ2) is 14.4. The van der Waals surface area contributed by atoms with Crippen molar-refractivity contribution in [2.24, 2.45) is 5.41 Å². The van der Waals surface area contributed by atoms with Gasteiger partial charge in [0.1, 0.15) is 0 Å². The molecule has 0 unspecified atom stereocenters. The molecule has 0 heterocycles. The molecule has 2 aliphatic rings. The molecule has 0 bridgehead atoms. The number of hydrogen-bond donors (Lipinski definition) is 0. The van der Waals surface area contributed by atoms with Crippen molar-refractivity contribution < 1.29 is 51.0 Å². The maximum Gasteiger partial charge on any atom is 4.00 e. The fourth-order valence-corrected chi connectivity index (χ4v) is 10.6. The Balaban J connectivity index is 0.000000282. The van der Waals surface area contributed by atoms with Crippen LogP contribution in [0.5, 0.6) is 0 Å². The van der Waals surface area contributed by atoms with Gasteiger partial charge in [-0.1, -0.05) is 145 Å². The molecule has 0 atom stereocenters. The van der Waals surface area contributed by atoms with Gasteiger partial charge in [-0.15, -0.1) is 28.1 Å². The van der Waals surface area contributed by atoms with Crippen LogP contribution in [0.3, 0.4) is 0 Å². The molecular formula is C36H38Cl2Si3Zr. The first-order valence-corrected chi connectivity index (χ1v) is 18.8. The number of hydrogen-bond acceptors (Lipinski definition) is 0. The van der Waals surface area contributed by atoms with Crippen molar-refractivity contribution in [3.05, 3.63) is 148 Å². The molecule has 0 saturated carbocycles. The zero-order chi connectivity index (χ0) is 27.8. The maximum absolute atomic E-state index is 3.69. The first kappa shape index (κ1) is 36.5. The van der Waals surface area contributed by atoms with Gasteiger partial charge >= 0.3 is 26.2 Å². The predicted molar refractivity (Wildman–Crippen MR) is 180 cm³/mol. The van der Waals surface area contributed by atoms with Crippen molar-refractivity contribution in [3.8, 4) is 0 Å². The van der Waals surface area contributed by atoms with E-state index in [9.17, 15) is 0 Å². The van der Waals surface area contributed by atoms with Gasteiger partial charge < -0.3 is 24.8 Å². The summed E-state index contributed by atoms with van der Waals surface area (Å²) in [5.41, 5.74) is 8.99. The molecule has 2 aliphatic carbocycles. The Kier molecular flexibility index (Phi) is 12.5. The van der Waals surface area contributed by atoms with E-state index in [1.807, 2.05) is 19.7 Å². The van der Waals surface area contributed by atoms with Crippen LogP contribution >= 0.6 is 0 Å². The third kappa shape index (κ3) is 6.70. The fraction of sp³-hybridized carbons (Fsp3) is 0.194. The van der Waals surface area contributed by atoms with Gasteiger partial charge in [-0.25, -0.2) is 11.6 Å². The molecule has 4 aromatic rings. The van der Waals surface area contributed by atoms with Crippen molar-refractivity contribution in [2.45, 2.75) is 38.9 Å². The van der Waals surface area contributed by atoms with Crippen molar-refractivity contribution in [3.63, 3.8) is 0 Å². The minimum atomic E-state index is -1.32. The number of rotatable bonds is 4. The van der Waals surface area contributed by atoms with Gasteiger partial charge in [-0.3, -0.25) is 0 Å². The van der Waals surface area contributed by atoms with E-state index < -0.39 is 8.07 Å². The normalized spacial score (nSPS) is 15.1. The summed E-state index contributed by atoms with van der Waals surface area (Å²) in [5.74, 6) is 0. The zero-order valence-corrected chi connectivity index (χ0v) is 32.9. The van der Waals surface area contributed by atoms with Crippen LogP contribution in [-0.4, -0.2) is 38.6 Å². The Hall–Kier alpha value is -1.66. The van der Waals surface area contributed by atoms with E-state index in [0.717, 1.165) is 0 Å². The molecule has 0 aliphatic heterocycles. The Morgan fingerprint density at radius 3 is 1.79 bits per heavy atom. The number of halogens is 2. The van der Waals surface area contributed by atoms with Crippen LogP contribution in [-0.2, 0) is 31.6 Å². The third-order valence-electron chi connectivity index (χ3n) is 7.94. The summed E-state index contributed by atoms with van der Waals surface area (Å²) >= 11 is 0. The largest absolute Gasteiger partial charge is 4.00 e. The first-order chi connectivity index (χ1) is 18.6. The van der Waals surface area contributed by atoms with Gasteiger partial charge in [-0.2, -0.15) is 22.9 Å². The smallest absolute Gasteiger partial charge is 1.00 e. The van der Waals surface area contributed by atoms with Gasteiger partial charge in [0, 0.05) is 0 Å². The molecule has 0 nitrogen and oxygen atoms in total. The van der Waals surface area contributed by atoms with Crippen LogP contribution in [0.15, 0.2) is 103 Å². The van der Waals surface area contributed by atoms with Crippen LogP contribution in [0.1, 0.15) is 41.7 Å². The molecular weight excluding hydrogens is 679 g/mol. The molecule has 4 aromatic carbocycles. The van der Waals surface area contributed by atoms with Gasteiger partial charge in [0.2, 0.25) is 0 Å². The predicted octanol–water partition coefficient (Wildman–Crippen LogP) is -1.41. The summed E-state index contributed by atoms with van der Waals surface area (Å²) in [7, 11) is 2.59. The molecule has 0 saturated heterocycles. The van der Waals surface area contributed by atoms with E-state index in [1.165, 1.54) is 43.4 Å². The monoisotopic (exact) mass is 714 g/mol. The maximum atomic E-state index is 3.69. The Bertz CT molecular complexity index is 1630. The quantitative estimate of drug-likeness (QED) is 0.180. The van der Waals surface area contributed by atoms with Crippen molar-refractivity contribution in [2.75, 3.05) is 0 Å². The Labute approximate surface area is 290 Å². The van der Waals surface area contributed by atoms with Gasteiger partial charge in [0.05, 0.1) is 8.07 Å². The van der Waals surface area contributed by atoms with Crippen LogP contribution in [0.2, 0.25) is 19.6 Å². The van der Waals surface area contributed by atoms with E-state index >= 15 is 0 Å². The van der Waals surface area contributed by atoms with Crippen LogP contribution in [0.25, 0.3) is 11.3 Å². The molecule has 0 radical (unpaired) electrons. The molecule has 0 spiro atoms. The fourth-order valence-electron chi connectivity index (χ4n) is 6.72. The molecule has 42 heavy (non-hydrogen) atoms. The molecule has 0 aromatic heterocycles. The topological polar surface area (TPSA) is 0 Å². The molecule has 212 valence electrons. The minimum Gasteiger partial charge on any atom is -1.00 e. The van der Waals surface area contributed by atoms with E-state index in [-0.39, 0.29) is 61.8 Å². The van der Waals surface area contributed by atoms with E-state index in [2.05, 4.69) is 155 Å². The van der Waals surface area contributed by atoms with E-state index in [0.29, 0.717) is 0 Å². The molecule has 0 N–H and O–H groups in total. The second-order valence-electron chi connectivity index (χ2n) is 12.1. The van der Waals surface area contributed by atoms with Crippen LogP contribution in [0, 0.1) is 11.8 Å². The average Bonchev–Trinajstić information content (AvgIpc) is 3.40. The summed E-state index contributed by atoms with van der Waals surface area (Å²) in [5, 5.41) is 5.82. The second-order valence-corrected chi connectivity index (χ2v) is 18.3. The standard InChI is InChI=1S/C21H17Si.C15H21Si2.2ClH.Zr/c22-20-15-21(16-9-3-1-4-10-16,17-11-5-2-6-12-17)19-14-8-7-13-18(19)20;1-15(2)9-11-7-6-8-12(10-16)13(11)14(15)17(3,4)5;;;/h1-15H,22H2;6-8,10H,16H2,1-5H3;2*1H;/q2*-1;;;+4/p-2. The summed E-state index contributed by atoms with van der Waals surface area (Å²) < 4.78 is 0. The number of fused-ring (bicyclic) bond motifs is 2. The Morgan fingerprint density at radius 2 is 1.26 bits per heavy atom. The third-order valence-corrected chi connectivity index (χ3v) is 11.3. The molecule has 0 amide bonds. The van der Waals surface area contributed by atoms with Crippen molar-refractivity contribution in [1.82, 2.24) is 0 Å². The summed E-state index contributed by atoms with van der Waals surface area (Å²) in [6.07, 6.45) is 6.12.